The van der Waals surface area contributed by atoms with Crippen molar-refractivity contribution in [2.45, 2.75) is 33.1 Å². The second kappa shape index (κ2) is 3.29. The van der Waals surface area contributed by atoms with Gasteiger partial charge in [-0.1, -0.05) is 13.8 Å². The van der Waals surface area contributed by atoms with Crippen LogP contribution in [0, 0.1) is 16.7 Å². The number of Topliss-reactive ketones (excluding diaryl/α,β-unsaturated/α-hetero) is 1. The van der Waals surface area contributed by atoms with Crippen LogP contribution < -0.4 is 0 Å². The first-order valence-electron chi connectivity index (χ1n) is 5.57. The molecule has 16 heavy (non-hydrogen) atoms. The molecule has 0 heterocycles. The number of hydrogen-bond acceptors (Lipinski definition) is 4. The minimum Gasteiger partial charge on any atom is -0.299 e. The zero-order valence-electron chi connectivity index (χ0n) is 9.95. The third-order valence-corrected chi connectivity index (χ3v) is 6.17. The summed E-state index contributed by atoms with van der Waals surface area (Å²) in [7, 11) is -2.41. The van der Waals surface area contributed by atoms with E-state index in [1.807, 2.05) is 13.8 Å². The molecule has 92 valence electrons. The van der Waals surface area contributed by atoms with Crippen molar-refractivity contribution in [1.29, 1.82) is 0 Å². The van der Waals surface area contributed by atoms with Crippen LogP contribution in [0.5, 0.6) is 0 Å². The molecule has 4 nitrogen and oxygen atoms in total. The Bertz CT molecular complexity index is 423. The fourth-order valence-corrected chi connectivity index (χ4v) is 4.87. The third kappa shape index (κ3) is 1.37. The molecule has 0 amide bonds. The number of carbonyl (C=O) groups excluding carboxylic acids is 1. The van der Waals surface area contributed by atoms with Gasteiger partial charge in [-0.15, -0.1) is 0 Å². The van der Waals surface area contributed by atoms with E-state index in [0.29, 0.717) is 18.8 Å². The standard InChI is InChI=1S/C11H18O4S/c1-10(2)8-4-5-11(10,9(12)6-8)7-16(13,14)15-3/h8H,4-7H2,1-3H3/t8-,11-/m1/s1. The maximum absolute atomic E-state index is 12.0. The van der Waals surface area contributed by atoms with Gasteiger partial charge in [0, 0.05) is 6.42 Å². The number of carbonyl (C=O) groups is 1. The quantitative estimate of drug-likeness (QED) is 0.705. The lowest BCUT2D eigenvalue weighted by Crippen LogP contribution is -2.42. The topological polar surface area (TPSA) is 60.4 Å². The Hall–Kier alpha value is -0.420. The molecule has 2 aliphatic carbocycles. The number of rotatable bonds is 3. The van der Waals surface area contributed by atoms with Gasteiger partial charge < -0.3 is 0 Å². The van der Waals surface area contributed by atoms with Crippen LogP contribution in [-0.2, 0) is 19.1 Å². The average molecular weight is 246 g/mol. The van der Waals surface area contributed by atoms with Gasteiger partial charge in [-0.05, 0) is 24.2 Å². The monoisotopic (exact) mass is 246 g/mol. The first kappa shape index (κ1) is 12.0. The first-order valence-corrected chi connectivity index (χ1v) is 7.14. The Morgan fingerprint density at radius 1 is 1.44 bits per heavy atom. The third-order valence-electron chi connectivity index (χ3n) is 4.82. The van der Waals surface area contributed by atoms with Gasteiger partial charge >= 0.3 is 0 Å². The zero-order valence-corrected chi connectivity index (χ0v) is 10.8. The lowest BCUT2D eigenvalue weighted by molar-refractivity contribution is -0.128. The molecule has 2 bridgehead atoms. The zero-order chi connectivity index (χ0) is 12.2. The van der Waals surface area contributed by atoms with Crippen molar-refractivity contribution in [3.8, 4) is 0 Å². The molecule has 2 aliphatic rings. The van der Waals surface area contributed by atoms with Crippen LogP contribution in [-0.4, -0.2) is 27.1 Å². The van der Waals surface area contributed by atoms with E-state index >= 15 is 0 Å². The minimum absolute atomic E-state index is 0.106. The molecule has 0 N–H and O–H groups in total. The van der Waals surface area contributed by atoms with Gasteiger partial charge in [0.25, 0.3) is 10.1 Å². The van der Waals surface area contributed by atoms with Gasteiger partial charge in [-0.25, -0.2) is 0 Å². The normalized spacial score (nSPS) is 36.9. The van der Waals surface area contributed by atoms with Crippen LogP contribution in [0.25, 0.3) is 0 Å². The highest BCUT2D eigenvalue weighted by atomic mass is 32.2. The molecule has 0 aromatic rings. The van der Waals surface area contributed by atoms with Crippen molar-refractivity contribution in [3.63, 3.8) is 0 Å². The van der Waals surface area contributed by atoms with Gasteiger partial charge in [0.2, 0.25) is 0 Å². The maximum Gasteiger partial charge on any atom is 0.268 e. The summed E-state index contributed by atoms with van der Waals surface area (Å²) in [4.78, 5) is 12.0. The summed E-state index contributed by atoms with van der Waals surface area (Å²) in [5, 5.41) is 0. The molecule has 0 aromatic carbocycles. The van der Waals surface area contributed by atoms with Crippen molar-refractivity contribution in [2.75, 3.05) is 12.9 Å². The Morgan fingerprint density at radius 3 is 2.44 bits per heavy atom. The molecule has 0 radical (unpaired) electrons. The van der Waals surface area contributed by atoms with E-state index in [1.54, 1.807) is 0 Å². The van der Waals surface area contributed by atoms with Gasteiger partial charge in [0.1, 0.15) is 5.78 Å². The predicted molar refractivity (Wildman–Crippen MR) is 59.4 cm³/mol. The molecule has 2 rings (SSSR count). The maximum atomic E-state index is 12.0. The van der Waals surface area contributed by atoms with Gasteiger partial charge in [-0.3, -0.25) is 8.98 Å². The van der Waals surface area contributed by atoms with E-state index in [2.05, 4.69) is 4.18 Å². The molecule has 5 heteroatoms. The fraction of sp³-hybridized carbons (Fsp3) is 0.909. The van der Waals surface area contributed by atoms with Gasteiger partial charge in [0.05, 0.1) is 18.3 Å². The number of fused-ring (bicyclic) bond motifs is 2. The van der Waals surface area contributed by atoms with E-state index in [1.165, 1.54) is 0 Å². The smallest absolute Gasteiger partial charge is 0.268 e. The van der Waals surface area contributed by atoms with Crippen molar-refractivity contribution in [2.24, 2.45) is 16.7 Å². The molecule has 2 atom stereocenters. The Kier molecular flexibility index (Phi) is 2.48. The van der Waals surface area contributed by atoms with Crippen LogP contribution in [0.15, 0.2) is 0 Å². The molecule has 0 aliphatic heterocycles. The van der Waals surface area contributed by atoms with Crippen LogP contribution in [0.3, 0.4) is 0 Å². The second-order valence-corrected chi connectivity index (χ2v) is 7.27. The summed E-state index contributed by atoms with van der Waals surface area (Å²) >= 11 is 0. The van der Waals surface area contributed by atoms with Gasteiger partial charge in [0.15, 0.2) is 0 Å². The van der Waals surface area contributed by atoms with Crippen LogP contribution >= 0.6 is 0 Å². The molecule has 0 unspecified atom stereocenters. The molecular formula is C11H18O4S. The SMILES string of the molecule is COS(=O)(=O)C[C@]12CC[C@H](CC1=O)C2(C)C. The van der Waals surface area contributed by atoms with Crippen molar-refractivity contribution in [3.05, 3.63) is 0 Å². The van der Waals surface area contributed by atoms with Crippen LogP contribution in [0.1, 0.15) is 33.1 Å². The lowest BCUT2D eigenvalue weighted by Gasteiger charge is -2.35. The summed E-state index contributed by atoms with van der Waals surface area (Å²) in [6.45, 7) is 4.03. The van der Waals surface area contributed by atoms with Crippen LogP contribution in [0.2, 0.25) is 0 Å². The minimum atomic E-state index is -3.57. The van der Waals surface area contributed by atoms with E-state index < -0.39 is 15.5 Å². The fourth-order valence-electron chi connectivity index (χ4n) is 3.47. The van der Waals surface area contributed by atoms with E-state index in [-0.39, 0.29) is 17.0 Å². The highest BCUT2D eigenvalue weighted by Gasteiger charge is 2.65. The highest BCUT2D eigenvalue weighted by Crippen LogP contribution is 2.64. The highest BCUT2D eigenvalue weighted by molar-refractivity contribution is 7.86. The molecule has 0 aromatic heterocycles. The summed E-state index contributed by atoms with van der Waals surface area (Å²) in [6.07, 6.45) is 2.18. The Balaban J connectivity index is 2.40. The molecule has 0 saturated heterocycles. The van der Waals surface area contributed by atoms with Crippen molar-refractivity contribution in [1.82, 2.24) is 0 Å². The summed E-state index contributed by atoms with van der Waals surface area (Å²) < 4.78 is 27.7. The van der Waals surface area contributed by atoms with Crippen LogP contribution in [0.4, 0.5) is 0 Å². The first-order chi connectivity index (χ1) is 7.25. The summed E-state index contributed by atoms with van der Waals surface area (Å²) in [6, 6.07) is 0. The second-order valence-electron chi connectivity index (χ2n) is 5.54. The average Bonchev–Trinajstić information content (AvgIpc) is 2.51. The summed E-state index contributed by atoms with van der Waals surface area (Å²) in [5.74, 6) is 0.292. The molecule has 2 saturated carbocycles. The number of hydrogen-bond donors (Lipinski definition) is 0. The Morgan fingerprint density at radius 2 is 2.06 bits per heavy atom. The summed E-state index contributed by atoms with van der Waals surface area (Å²) in [5.41, 5.74) is -0.914. The van der Waals surface area contributed by atoms with E-state index in [4.69, 9.17) is 0 Å². The Labute approximate surface area is 96.5 Å². The molecule has 0 spiro atoms. The van der Waals surface area contributed by atoms with E-state index in [9.17, 15) is 13.2 Å². The predicted octanol–water partition coefficient (Wildman–Crippen LogP) is 1.36. The largest absolute Gasteiger partial charge is 0.299 e. The van der Waals surface area contributed by atoms with Crippen molar-refractivity contribution < 1.29 is 17.4 Å². The molecule has 2 fully saturated rings. The van der Waals surface area contributed by atoms with Crippen molar-refractivity contribution >= 4 is 15.9 Å². The van der Waals surface area contributed by atoms with E-state index in [0.717, 1.165) is 13.5 Å². The lowest BCUT2D eigenvalue weighted by atomic mass is 9.70. The van der Waals surface area contributed by atoms with Gasteiger partial charge in [-0.2, -0.15) is 8.42 Å². The number of ketones is 1. The molecular weight excluding hydrogens is 228 g/mol.